The van der Waals surface area contributed by atoms with Crippen LogP contribution < -0.4 is 4.90 Å². The van der Waals surface area contributed by atoms with Gasteiger partial charge in [0, 0.05) is 31.9 Å². The molecule has 4 nitrogen and oxygen atoms in total. The monoisotopic (exact) mass is 363 g/mol. The summed E-state index contributed by atoms with van der Waals surface area (Å²) in [6, 6.07) is 18.5. The van der Waals surface area contributed by atoms with Crippen LogP contribution in [0.15, 0.2) is 64.5 Å². The third-order valence-corrected chi connectivity index (χ3v) is 5.67. The number of nitrogens with zero attached hydrogens (tertiary/aromatic N) is 3. The lowest BCUT2D eigenvalue weighted by Crippen LogP contribution is -2.47. The van der Waals surface area contributed by atoms with Crippen LogP contribution in [0.25, 0.3) is 6.08 Å². The number of piperazine rings is 1. The summed E-state index contributed by atoms with van der Waals surface area (Å²) < 4.78 is 0. The smallest absolute Gasteiger partial charge is 0.286 e. The molecule has 0 aliphatic carbocycles. The Kier molecular flexibility index (Phi) is 4.80. The van der Waals surface area contributed by atoms with Gasteiger partial charge in [-0.15, -0.1) is 0 Å². The second kappa shape index (κ2) is 7.38. The van der Waals surface area contributed by atoms with Gasteiger partial charge in [-0.2, -0.15) is 4.99 Å². The predicted octanol–water partition coefficient (Wildman–Crippen LogP) is 3.79. The summed E-state index contributed by atoms with van der Waals surface area (Å²) in [6.07, 6.45) is 1.92. The average molecular weight is 363 g/mol. The van der Waals surface area contributed by atoms with E-state index in [-0.39, 0.29) is 5.91 Å². The highest BCUT2D eigenvalue weighted by Gasteiger charge is 2.28. The van der Waals surface area contributed by atoms with E-state index >= 15 is 0 Å². The molecule has 1 fully saturated rings. The molecular weight excluding hydrogens is 342 g/mol. The molecule has 26 heavy (non-hydrogen) atoms. The Hall–Kier alpha value is -2.53. The maximum absolute atomic E-state index is 12.2. The molecule has 1 saturated heterocycles. The summed E-state index contributed by atoms with van der Waals surface area (Å²) in [4.78, 5) is 21.8. The molecule has 2 heterocycles. The molecule has 2 aromatic rings. The van der Waals surface area contributed by atoms with Crippen molar-refractivity contribution in [1.82, 2.24) is 4.90 Å². The first-order valence-electron chi connectivity index (χ1n) is 8.83. The zero-order valence-corrected chi connectivity index (χ0v) is 15.6. The molecule has 2 aromatic carbocycles. The van der Waals surface area contributed by atoms with Gasteiger partial charge >= 0.3 is 0 Å². The molecule has 132 valence electrons. The van der Waals surface area contributed by atoms with E-state index in [2.05, 4.69) is 46.0 Å². The number of aryl methyl sites for hydroxylation is 1. The van der Waals surface area contributed by atoms with E-state index < -0.39 is 0 Å². The van der Waals surface area contributed by atoms with Crippen molar-refractivity contribution in [2.75, 3.05) is 31.1 Å². The molecule has 2 aliphatic heterocycles. The van der Waals surface area contributed by atoms with Crippen LogP contribution in [0.5, 0.6) is 0 Å². The predicted molar refractivity (Wildman–Crippen MR) is 109 cm³/mol. The maximum Gasteiger partial charge on any atom is 0.286 e. The van der Waals surface area contributed by atoms with Crippen molar-refractivity contribution < 1.29 is 4.79 Å². The number of benzene rings is 2. The number of amidine groups is 1. The Morgan fingerprint density at radius 2 is 1.69 bits per heavy atom. The van der Waals surface area contributed by atoms with Gasteiger partial charge in [-0.05, 0) is 48.0 Å². The van der Waals surface area contributed by atoms with E-state index in [9.17, 15) is 4.79 Å². The number of carbonyl (C=O) groups is 1. The molecule has 0 N–H and O–H groups in total. The number of amides is 1. The van der Waals surface area contributed by atoms with Gasteiger partial charge in [0.25, 0.3) is 5.91 Å². The topological polar surface area (TPSA) is 35.9 Å². The van der Waals surface area contributed by atoms with E-state index in [1.54, 1.807) is 0 Å². The fourth-order valence-electron chi connectivity index (χ4n) is 3.21. The van der Waals surface area contributed by atoms with Gasteiger partial charge in [-0.1, -0.05) is 42.5 Å². The fourth-order valence-corrected chi connectivity index (χ4v) is 4.18. The van der Waals surface area contributed by atoms with Crippen molar-refractivity contribution in [3.05, 3.63) is 70.6 Å². The SMILES string of the molecule is Cc1cccc(N2CCN(C3=NC(=O)/C(=C/c4ccccc4)S3)CC2)c1. The zero-order chi connectivity index (χ0) is 17.9. The molecular formula is C21H21N3OS. The Morgan fingerprint density at radius 1 is 0.962 bits per heavy atom. The summed E-state index contributed by atoms with van der Waals surface area (Å²) in [7, 11) is 0. The van der Waals surface area contributed by atoms with Crippen LogP contribution in [-0.2, 0) is 4.79 Å². The zero-order valence-electron chi connectivity index (χ0n) is 14.8. The molecule has 1 amide bonds. The molecule has 0 spiro atoms. The van der Waals surface area contributed by atoms with Gasteiger partial charge in [0.2, 0.25) is 0 Å². The van der Waals surface area contributed by atoms with Gasteiger partial charge in [-0.25, -0.2) is 0 Å². The van der Waals surface area contributed by atoms with Gasteiger partial charge in [0.15, 0.2) is 5.17 Å². The largest absolute Gasteiger partial charge is 0.368 e. The highest BCUT2D eigenvalue weighted by molar-refractivity contribution is 8.18. The maximum atomic E-state index is 12.2. The number of hydrogen-bond acceptors (Lipinski definition) is 4. The fraction of sp³-hybridized carbons (Fsp3) is 0.238. The van der Waals surface area contributed by atoms with Gasteiger partial charge in [0.1, 0.15) is 0 Å². The highest BCUT2D eigenvalue weighted by Crippen LogP contribution is 2.31. The Labute approximate surface area is 158 Å². The molecule has 0 radical (unpaired) electrons. The van der Waals surface area contributed by atoms with Crippen molar-refractivity contribution in [2.24, 2.45) is 4.99 Å². The van der Waals surface area contributed by atoms with E-state index in [1.807, 2.05) is 36.4 Å². The minimum atomic E-state index is -0.130. The molecule has 5 heteroatoms. The van der Waals surface area contributed by atoms with E-state index in [0.717, 1.165) is 36.9 Å². The summed E-state index contributed by atoms with van der Waals surface area (Å²) >= 11 is 1.49. The van der Waals surface area contributed by atoms with Crippen LogP contribution in [0.3, 0.4) is 0 Å². The number of aliphatic imine (C=N–C) groups is 1. The molecule has 0 unspecified atom stereocenters. The van der Waals surface area contributed by atoms with Gasteiger partial charge in [-0.3, -0.25) is 4.79 Å². The Bertz CT molecular complexity index is 868. The first kappa shape index (κ1) is 16.9. The number of thioether (sulfide) groups is 1. The molecule has 2 aliphatic rings. The van der Waals surface area contributed by atoms with Crippen LogP contribution in [0.1, 0.15) is 11.1 Å². The van der Waals surface area contributed by atoms with Crippen molar-refractivity contribution in [3.63, 3.8) is 0 Å². The summed E-state index contributed by atoms with van der Waals surface area (Å²) in [5.74, 6) is -0.130. The van der Waals surface area contributed by atoms with Crippen molar-refractivity contribution in [1.29, 1.82) is 0 Å². The van der Waals surface area contributed by atoms with Crippen molar-refractivity contribution in [3.8, 4) is 0 Å². The minimum absolute atomic E-state index is 0.130. The van der Waals surface area contributed by atoms with Gasteiger partial charge in [0.05, 0.1) is 4.91 Å². The molecule has 0 aromatic heterocycles. The van der Waals surface area contributed by atoms with Gasteiger partial charge < -0.3 is 9.80 Å². The molecule has 0 bridgehead atoms. The van der Waals surface area contributed by atoms with E-state index in [0.29, 0.717) is 4.91 Å². The number of hydrogen-bond donors (Lipinski definition) is 0. The second-order valence-corrected chi connectivity index (χ2v) is 7.54. The van der Waals surface area contributed by atoms with Crippen LogP contribution in [0.4, 0.5) is 5.69 Å². The molecule has 4 rings (SSSR count). The lowest BCUT2D eigenvalue weighted by Gasteiger charge is -2.36. The summed E-state index contributed by atoms with van der Waals surface area (Å²) in [6.45, 7) is 5.76. The average Bonchev–Trinajstić information content (AvgIpc) is 3.03. The summed E-state index contributed by atoms with van der Waals surface area (Å²) in [5.41, 5.74) is 3.58. The first-order valence-corrected chi connectivity index (χ1v) is 9.65. The Balaban J connectivity index is 1.40. The quantitative estimate of drug-likeness (QED) is 0.761. The van der Waals surface area contributed by atoms with Crippen LogP contribution in [0, 0.1) is 6.92 Å². The third-order valence-electron chi connectivity index (χ3n) is 4.62. The van der Waals surface area contributed by atoms with Crippen molar-refractivity contribution >= 4 is 34.6 Å². The second-order valence-electron chi connectivity index (χ2n) is 6.53. The number of carbonyl (C=O) groups excluding carboxylic acids is 1. The first-order chi connectivity index (χ1) is 12.7. The van der Waals surface area contributed by atoms with Crippen LogP contribution in [0.2, 0.25) is 0 Å². The number of anilines is 1. The standard InChI is InChI=1S/C21H21N3OS/c1-16-6-5-9-18(14-16)23-10-12-24(13-11-23)21-22-20(25)19(26-21)15-17-7-3-2-4-8-17/h2-9,14-15H,10-13H2,1H3/b19-15-. The molecule has 0 saturated carbocycles. The minimum Gasteiger partial charge on any atom is -0.368 e. The highest BCUT2D eigenvalue weighted by atomic mass is 32.2. The third kappa shape index (κ3) is 3.68. The molecule has 0 atom stereocenters. The van der Waals surface area contributed by atoms with Crippen LogP contribution >= 0.6 is 11.8 Å². The summed E-state index contributed by atoms with van der Waals surface area (Å²) in [5, 5.41) is 0.834. The lowest BCUT2D eigenvalue weighted by atomic mass is 10.2. The van der Waals surface area contributed by atoms with E-state index in [4.69, 9.17) is 0 Å². The number of rotatable bonds is 2. The Morgan fingerprint density at radius 3 is 2.42 bits per heavy atom. The van der Waals surface area contributed by atoms with Crippen molar-refractivity contribution in [2.45, 2.75) is 6.92 Å². The lowest BCUT2D eigenvalue weighted by molar-refractivity contribution is -0.113. The van der Waals surface area contributed by atoms with E-state index in [1.165, 1.54) is 23.0 Å². The van der Waals surface area contributed by atoms with Crippen LogP contribution in [-0.4, -0.2) is 42.2 Å². The normalized spacial score (nSPS) is 19.2.